The van der Waals surface area contributed by atoms with Gasteiger partial charge in [0, 0.05) is 24.2 Å². The van der Waals surface area contributed by atoms with Gasteiger partial charge in [-0.05, 0) is 13.8 Å². The highest BCUT2D eigenvalue weighted by atomic mass is 16.1. The van der Waals surface area contributed by atoms with E-state index in [9.17, 15) is 9.59 Å². The summed E-state index contributed by atoms with van der Waals surface area (Å²) in [5.74, 6) is -0.421. The first-order chi connectivity index (χ1) is 6.52. The molecule has 2 N–H and O–H groups in total. The maximum atomic E-state index is 11.6. The predicted octanol–water partition coefficient (Wildman–Crippen LogP) is -0.264. The lowest BCUT2D eigenvalue weighted by molar-refractivity contribution is -0.118. The molecule has 76 valence electrons. The monoisotopic (exact) mass is 195 g/mol. The number of aryl methyl sites for hydroxylation is 2. The number of hydrogen-bond donors (Lipinski definition) is 1. The Hall–Kier alpha value is -1.65. The van der Waals surface area contributed by atoms with E-state index >= 15 is 0 Å². The fraction of sp³-hybridized carbons (Fsp3) is 0.444. The van der Waals surface area contributed by atoms with E-state index in [4.69, 9.17) is 5.73 Å². The van der Waals surface area contributed by atoms with E-state index in [1.54, 1.807) is 13.8 Å². The summed E-state index contributed by atoms with van der Waals surface area (Å²) in [4.78, 5) is 26.1. The smallest absolute Gasteiger partial charge is 0.256 e. The van der Waals surface area contributed by atoms with Crippen LogP contribution in [0.15, 0.2) is 11.1 Å². The molecule has 0 aromatic carbocycles. The molecule has 0 aliphatic rings. The van der Waals surface area contributed by atoms with Crippen molar-refractivity contribution in [1.29, 1.82) is 0 Å². The molecule has 0 aliphatic heterocycles. The van der Waals surface area contributed by atoms with Crippen molar-refractivity contribution in [2.24, 2.45) is 5.73 Å². The van der Waals surface area contributed by atoms with Crippen LogP contribution in [0.4, 0.5) is 0 Å². The maximum Gasteiger partial charge on any atom is 0.256 e. The van der Waals surface area contributed by atoms with Crippen molar-refractivity contribution in [3.05, 3.63) is 27.9 Å². The van der Waals surface area contributed by atoms with Crippen molar-refractivity contribution in [3.8, 4) is 0 Å². The molecule has 0 spiro atoms. The average molecular weight is 195 g/mol. The van der Waals surface area contributed by atoms with Gasteiger partial charge in [-0.1, -0.05) is 0 Å². The number of rotatable bonds is 3. The lowest BCUT2D eigenvalue weighted by atomic mass is 10.2. The number of hydrogen-bond acceptors (Lipinski definition) is 3. The molecule has 0 aliphatic carbocycles. The standard InChI is InChI=1S/C9H13N3O2/c1-6-7(2)11-5-12(9(6)14)4-3-8(10)13/h5H,3-4H2,1-2H3,(H2,10,13). The third-order valence-corrected chi connectivity index (χ3v) is 2.11. The van der Waals surface area contributed by atoms with Gasteiger partial charge in [-0.3, -0.25) is 14.2 Å². The van der Waals surface area contributed by atoms with Gasteiger partial charge in [-0.15, -0.1) is 0 Å². The van der Waals surface area contributed by atoms with Crippen molar-refractivity contribution in [2.45, 2.75) is 26.8 Å². The fourth-order valence-electron chi connectivity index (χ4n) is 1.07. The second-order valence-electron chi connectivity index (χ2n) is 3.17. The van der Waals surface area contributed by atoms with Crippen LogP contribution in [0.3, 0.4) is 0 Å². The molecule has 5 nitrogen and oxygen atoms in total. The number of carbonyl (C=O) groups is 1. The Morgan fingerprint density at radius 3 is 2.79 bits per heavy atom. The van der Waals surface area contributed by atoms with Crippen LogP contribution >= 0.6 is 0 Å². The molecule has 0 saturated heterocycles. The van der Waals surface area contributed by atoms with Crippen molar-refractivity contribution in [1.82, 2.24) is 9.55 Å². The van der Waals surface area contributed by atoms with Gasteiger partial charge < -0.3 is 5.73 Å². The second-order valence-corrected chi connectivity index (χ2v) is 3.17. The zero-order chi connectivity index (χ0) is 10.7. The average Bonchev–Trinajstić information content (AvgIpc) is 2.13. The van der Waals surface area contributed by atoms with Gasteiger partial charge >= 0.3 is 0 Å². The molecule has 0 saturated carbocycles. The highest BCUT2D eigenvalue weighted by Crippen LogP contribution is 1.95. The third-order valence-electron chi connectivity index (χ3n) is 2.11. The predicted molar refractivity (Wildman–Crippen MR) is 51.8 cm³/mol. The van der Waals surface area contributed by atoms with E-state index < -0.39 is 5.91 Å². The molecule has 1 heterocycles. The lowest BCUT2D eigenvalue weighted by Crippen LogP contribution is -2.26. The summed E-state index contributed by atoms with van der Waals surface area (Å²) in [6.45, 7) is 3.78. The van der Waals surface area contributed by atoms with Gasteiger partial charge in [-0.25, -0.2) is 4.98 Å². The van der Waals surface area contributed by atoms with Gasteiger partial charge in [0.2, 0.25) is 5.91 Å². The van der Waals surface area contributed by atoms with Crippen LogP contribution in [0.1, 0.15) is 17.7 Å². The van der Waals surface area contributed by atoms with E-state index in [0.29, 0.717) is 17.8 Å². The van der Waals surface area contributed by atoms with E-state index in [1.165, 1.54) is 10.9 Å². The molecular weight excluding hydrogens is 182 g/mol. The molecule has 1 rings (SSSR count). The maximum absolute atomic E-state index is 11.6. The van der Waals surface area contributed by atoms with Crippen molar-refractivity contribution in [2.75, 3.05) is 0 Å². The van der Waals surface area contributed by atoms with E-state index in [2.05, 4.69) is 4.98 Å². The topological polar surface area (TPSA) is 78.0 Å². The number of carbonyl (C=O) groups excluding carboxylic acids is 1. The molecule has 1 aromatic rings. The SMILES string of the molecule is Cc1ncn(CCC(N)=O)c(=O)c1C. The van der Waals surface area contributed by atoms with Crippen molar-refractivity contribution < 1.29 is 4.79 Å². The minimum absolute atomic E-state index is 0.112. The summed E-state index contributed by atoms with van der Waals surface area (Å²) in [6, 6.07) is 0. The molecule has 0 unspecified atom stereocenters. The first-order valence-corrected chi connectivity index (χ1v) is 4.33. The summed E-state index contributed by atoms with van der Waals surface area (Å²) in [5, 5.41) is 0. The van der Waals surface area contributed by atoms with Crippen LogP contribution in [-0.4, -0.2) is 15.5 Å². The molecule has 0 fully saturated rings. The zero-order valence-corrected chi connectivity index (χ0v) is 8.28. The highest BCUT2D eigenvalue weighted by Gasteiger charge is 2.04. The molecule has 0 radical (unpaired) electrons. The number of aromatic nitrogens is 2. The number of amides is 1. The summed E-state index contributed by atoms with van der Waals surface area (Å²) in [7, 11) is 0. The Morgan fingerprint density at radius 1 is 1.57 bits per heavy atom. The number of primary amides is 1. The summed E-state index contributed by atoms with van der Waals surface area (Å²) < 4.78 is 1.40. The quantitative estimate of drug-likeness (QED) is 0.721. The van der Waals surface area contributed by atoms with Gasteiger partial charge in [-0.2, -0.15) is 0 Å². The van der Waals surface area contributed by atoms with E-state index in [-0.39, 0.29) is 12.0 Å². The third kappa shape index (κ3) is 2.18. The van der Waals surface area contributed by atoms with Gasteiger partial charge in [0.25, 0.3) is 5.56 Å². The number of nitrogens with zero attached hydrogens (tertiary/aromatic N) is 2. The Balaban J connectivity index is 2.95. The molecule has 1 amide bonds. The van der Waals surface area contributed by atoms with Crippen LogP contribution in [0.25, 0.3) is 0 Å². The molecule has 5 heteroatoms. The van der Waals surface area contributed by atoms with Gasteiger partial charge in [0.1, 0.15) is 0 Å². The second kappa shape index (κ2) is 4.04. The lowest BCUT2D eigenvalue weighted by Gasteiger charge is -2.05. The Bertz CT molecular complexity index is 409. The van der Waals surface area contributed by atoms with Crippen LogP contribution in [0.2, 0.25) is 0 Å². The largest absolute Gasteiger partial charge is 0.370 e. The Labute approximate surface area is 81.6 Å². The summed E-state index contributed by atoms with van der Waals surface area (Å²) in [5.41, 5.74) is 6.19. The van der Waals surface area contributed by atoms with Gasteiger partial charge in [0.05, 0.1) is 6.33 Å². The van der Waals surface area contributed by atoms with Crippen LogP contribution < -0.4 is 11.3 Å². The molecular formula is C9H13N3O2. The normalized spacial score (nSPS) is 10.1. The fourth-order valence-corrected chi connectivity index (χ4v) is 1.07. The van der Waals surface area contributed by atoms with E-state index in [0.717, 1.165) is 0 Å². The van der Waals surface area contributed by atoms with Crippen LogP contribution in [-0.2, 0) is 11.3 Å². The van der Waals surface area contributed by atoms with Crippen LogP contribution in [0.5, 0.6) is 0 Å². The zero-order valence-electron chi connectivity index (χ0n) is 8.28. The summed E-state index contributed by atoms with van der Waals surface area (Å²) >= 11 is 0. The summed E-state index contributed by atoms with van der Waals surface area (Å²) in [6.07, 6.45) is 1.59. The first kappa shape index (κ1) is 10.4. The van der Waals surface area contributed by atoms with Gasteiger partial charge in [0.15, 0.2) is 0 Å². The molecule has 14 heavy (non-hydrogen) atoms. The van der Waals surface area contributed by atoms with Crippen molar-refractivity contribution in [3.63, 3.8) is 0 Å². The first-order valence-electron chi connectivity index (χ1n) is 4.33. The Morgan fingerprint density at radius 2 is 2.21 bits per heavy atom. The van der Waals surface area contributed by atoms with Crippen molar-refractivity contribution >= 4 is 5.91 Å². The van der Waals surface area contributed by atoms with Crippen LogP contribution in [0, 0.1) is 13.8 Å². The minimum Gasteiger partial charge on any atom is -0.370 e. The minimum atomic E-state index is -0.421. The highest BCUT2D eigenvalue weighted by molar-refractivity contribution is 5.73. The Kier molecular flexibility index (Phi) is 3.01. The molecule has 0 atom stereocenters. The number of nitrogens with two attached hydrogens (primary N) is 1. The van der Waals surface area contributed by atoms with E-state index in [1.807, 2.05) is 0 Å². The molecule has 0 bridgehead atoms. The molecule has 1 aromatic heterocycles.